The summed E-state index contributed by atoms with van der Waals surface area (Å²) in [5.41, 5.74) is 0. The van der Waals surface area contributed by atoms with Crippen LogP contribution in [-0.4, -0.2) is 43.4 Å². The Labute approximate surface area is 74.1 Å². The van der Waals surface area contributed by atoms with Crippen molar-refractivity contribution in [1.82, 2.24) is 10.2 Å². The average Bonchev–Trinajstić information content (AvgIpc) is 2.15. The third kappa shape index (κ3) is 2.57. The summed E-state index contributed by atoms with van der Waals surface area (Å²) in [5.74, 6) is 0. The third-order valence-corrected chi connectivity index (χ3v) is 2.29. The molecular weight excluding hydrogens is 152 g/mol. The molecule has 12 heavy (non-hydrogen) atoms. The minimum absolute atomic E-state index is 0.00898. The fraction of sp³-hybridized carbons (Fsp3) is 0.889. The predicted molar refractivity (Wildman–Crippen MR) is 48.8 cm³/mol. The molecule has 3 nitrogen and oxygen atoms in total. The molecule has 0 spiro atoms. The van der Waals surface area contributed by atoms with Crippen LogP contribution >= 0.6 is 0 Å². The molecule has 0 aromatic rings. The smallest absolute Gasteiger partial charge is 0.218 e. The van der Waals surface area contributed by atoms with Crippen LogP contribution in [0.5, 0.6) is 0 Å². The van der Waals surface area contributed by atoms with Crippen molar-refractivity contribution in [3.63, 3.8) is 0 Å². The summed E-state index contributed by atoms with van der Waals surface area (Å²) in [4.78, 5) is 12.7. The van der Waals surface area contributed by atoms with Crippen LogP contribution in [0.1, 0.15) is 19.8 Å². The summed E-state index contributed by atoms with van der Waals surface area (Å²) < 4.78 is 0. The first kappa shape index (κ1) is 9.68. The van der Waals surface area contributed by atoms with Gasteiger partial charge in [0.1, 0.15) is 0 Å². The van der Waals surface area contributed by atoms with Gasteiger partial charge >= 0.3 is 0 Å². The molecule has 1 radical (unpaired) electrons. The van der Waals surface area contributed by atoms with Gasteiger partial charge in [-0.25, -0.2) is 0 Å². The molecule has 1 unspecified atom stereocenters. The van der Waals surface area contributed by atoms with Gasteiger partial charge in [0.2, 0.25) is 6.29 Å². The summed E-state index contributed by atoms with van der Waals surface area (Å²) in [6.45, 7) is 5.97. The Morgan fingerprint density at radius 1 is 1.67 bits per heavy atom. The van der Waals surface area contributed by atoms with Crippen LogP contribution in [0.2, 0.25) is 0 Å². The number of unbranched alkanes of at least 4 members (excludes halogenated alkanes) is 1. The fourth-order valence-electron chi connectivity index (χ4n) is 1.49. The maximum absolute atomic E-state index is 10.5. The van der Waals surface area contributed by atoms with Crippen molar-refractivity contribution < 1.29 is 4.79 Å². The second-order valence-corrected chi connectivity index (χ2v) is 3.23. The molecule has 3 heteroatoms. The highest BCUT2D eigenvalue weighted by molar-refractivity contribution is 5.59. The van der Waals surface area contributed by atoms with Crippen molar-refractivity contribution in [2.75, 3.05) is 26.2 Å². The number of rotatable bonds is 4. The first-order valence-electron chi connectivity index (χ1n) is 4.71. The molecule has 1 aliphatic heterocycles. The monoisotopic (exact) mass is 169 g/mol. The highest BCUT2D eigenvalue weighted by Crippen LogP contribution is 2.02. The molecule has 0 aromatic heterocycles. The van der Waals surface area contributed by atoms with E-state index in [9.17, 15) is 4.79 Å². The minimum Gasteiger partial charge on any atom is -0.313 e. The van der Waals surface area contributed by atoms with Crippen LogP contribution in [0.4, 0.5) is 0 Å². The van der Waals surface area contributed by atoms with E-state index in [1.54, 1.807) is 0 Å². The van der Waals surface area contributed by atoms with Crippen molar-refractivity contribution in [3.8, 4) is 0 Å². The van der Waals surface area contributed by atoms with E-state index in [1.807, 2.05) is 0 Å². The van der Waals surface area contributed by atoms with E-state index in [2.05, 4.69) is 23.4 Å². The van der Waals surface area contributed by atoms with Crippen molar-refractivity contribution >= 4 is 6.29 Å². The molecule has 0 bridgehead atoms. The van der Waals surface area contributed by atoms with Gasteiger partial charge in [0.05, 0.1) is 6.04 Å². The standard InChI is InChI=1S/C9H17N2O/c1-2-3-5-11-6-4-10-7-9(11)8-12/h9-10H,2-7H2,1H3. The van der Waals surface area contributed by atoms with Crippen LogP contribution < -0.4 is 5.32 Å². The van der Waals surface area contributed by atoms with Gasteiger partial charge < -0.3 is 5.32 Å². The van der Waals surface area contributed by atoms with Crippen molar-refractivity contribution in [3.05, 3.63) is 0 Å². The zero-order valence-corrected chi connectivity index (χ0v) is 7.68. The Balaban J connectivity index is 2.31. The lowest BCUT2D eigenvalue weighted by molar-refractivity contribution is 0.198. The van der Waals surface area contributed by atoms with Gasteiger partial charge in [-0.05, 0) is 13.0 Å². The lowest BCUT2D eigenvalue weighted by atomic mass is 10.2. The van der Waals surface area contributed by atoms with E-state index >= 15 is 0 Å². The van der Waals surface area contributed by atoms with Gasteiger partial charge in [-0.1, -0.05) is 13.3 Å². The first-order valence-corrected chi connectivity index (χ1v) is 4.71. The molecule has 1 aliphatic rings. The summed E-state index contributed by atoms with van der Waals surface area (Å²) in [5, 5.41) is 3.19. The molecule has 1 saturated heterocycles. The van der Waals surface area contributed by atoms with Crippen LogP contribution in [0, 0.1) is 0 Å². The highest BCUT2D eigenvalue weighted by atomic mass is 16.1. The Bertz CT molecular complexity index is 138. The molecular formula is C9H17N2O. The maximum atomic E-state index is 10.5. The summed E-state index contributed by atoms with van der Waals surface area (Å²) >= 11 is 0. The highest BCUT2D eigenvalue weighted by Gasteiger charge is 2.20. The maximum Gasteiger partial charge on any atom is 0.218 e. The predicted octanol–water partition coefficient (Wildman–Crippen LogP) is 0.170. The molecule has 1 fully saturated rings. The number of hydrogen-bond acceptors (Lipinski definition) is 3. The SMILES string of the molecule is CCCCN1CCNCC1[C]=O. The fourth-order valence-corrected chi connectivity index (χ4v) is 1.49. The normalized spacial score (nSPS) is 25.6. The van der Waals surface area contributed by atoms with Crippen molar-refractivity contribution in [1.29, 1.82) is 0 Å². The zero-order valence-electron chi connectivity index (χ0n) is 7.68. The van der Waals surface area contributed by atoms with E-state index in [4.69, 9.17) is 0 Å². The number of nitrogens with zero attached hydrogens (tertiary/aromatic N) is 1. The molecule has 1 rings (SSSR count). The third-order valence-electron chi connectivity index (χ3n) is 2.29. The number of nitrogens with one attached hydrogen (secondary N) is 1. The molecule has 0 amide bonds. The quantitative estimate of drug-likeness (QED) is 0.651. The summed E-state index contributed by atoms with van der Waals surface area (Å²) in [6, 6.07) is -0.00898. The van der Waals surface area contributed by atoms with Gasteiger partial charge in [-0.15, -0.1) is 0 Å². The van der Waals surface area contributed by atoms with E-state index in [1.165, 1.54) is 12.8 Å². The average molecular weight is 169 g/mol. The Kier molecular flexibility index (Phi) is 4.25. The van der Waals surface area contributed by atoms with Gasteiger partial charge in [0.25, 0.3) is 0 Å². The topological polar surface area (TPSA) is 32.3 Å². The van der Waals surface area contributed by atoms with Crippen LogP contribution in [0.3, 0.4) is 0 Å². The van der Waals surface area contributed by atoms with Crippen LogP contribution in [0.25, 0.3) is 0 Å². The van der Waals surface area contributed by atoms with Gasteiger partial charge in [0.15, 0.2) is 0 Å². The van der Waals surface area contributed by atoms with E-state index in [-0.39, 0.29) is 6.04 Å². The summed E-state index contributed by atoms with van der Waals surface area (Å²) in [7, 11) is 0. The zero-order chi connectivity index (χ0) is 8.81. The molecule has 1 heterocycles. The van der Waals surface area contributed by atoms with E-state index < -0.39 is 0 Å². The second kappa shape index (κ2) is 5.27. The largest absolute Gasteiger partial charge is 0.313 e. The van der Waals surface area contributed by atoms with Gasteiger partial charge in [0, 0.05) is 19.6 Å². The minimum atomic E-state index is -0.00898. The lowest BCUT2D eigenvalue weighted by Crippen LogP contribution is -2.52. The molecule has 1 N–H and O–H groups in total. The van der Waals surface area contributed by atoms with Crippen LogP contribution in [0.15, 0.2) is 0 Å². The number of piperazine rings is 1. The molecule has 0 saturated carbocycles. The first-order chi connectivity index (χ1) is 5.88. The molecule has 1 atom stereocenters. The van der Waals surface area contributed by atoms with Crippen LogP contribution in [-0.2, 0) is 4.79 Å². The Morgan fingerprint density at radius 2 is 2.50 bits per heavy atom. The molecule has 0 aliphatic carbocycles. The van der Waals surface area contributed by atoms with Gasteiger partial charge in [-0.3, -0.25) is 9.69 Å². The van der Waals surface area contributed by atoms with Gasteiger partial charge in [-0.2, -0.15) is 0 Å². The molecule has 0 aromatic carbocycles. The Morgan fingerprint density at radius 3 is 3.17 bits per heavy atom. The Hall–Kier alpha value is -0.410. The molecule has 69 valence electrons. The lowest BCUT2D eigenvalue weighted by Gasteiger charge is -2.32. The van der Waals surface area contributed by atoms with Crippen molar-refractivity contribution in [2.45, 2.75) is 25.8 Å². The van der Waals surface area contributed by atoms with E-state index in [0.717, 1.165) is 26.2 Å². The van der Waals surface area contributed by atoms with Crippen molar-refractivity contribution in [2.24, 2.45) is 0 Å². The second-order valence-electron chi connectivity index (χ2n) is 3.23. The number of carbonyl (C=O) groups excluding carboxylic acids is 1. The number of hydrogen-bond donors (Lipinski definition) is 1. The summed E-state index contributed by atoms with van der Waals surface area (Å²) in [6.07, 6.45) is 4.45. The van der Waals surface area contributed by atoms with E-state index in [0.29, 0.717) is 0 Å².